The van der Waals surface area contributed by atoms with E-state index in [2.05, 4.69) is 4.99 Å². The van der Waals surface area contributed by atoms with Crippen molar-refractivity contribution in [1.29, 1.82) is 0 Å². The summed E-state index contributed by atoms with van der Waals surface area (Å²) in [6, 6.07) is 7.85. The van der Waals surface area contributed by atoms with E-state index in [0.29, 0.717) is 13.0 Å². The zero-order chi connectivity index (χ0) is 11.4. The van der Waals surface area contributed by atoms with Gasteiger partial charge in [0.2, 0.25) is 5.91 Å². The molecule has 0 aromatic heterocycles. The number of amides is 1. The lowest BCUT2D eigenvalue weighted by Gasteiger charge is -2.12. The Morgan fingerprint density at radius 2 is 2.19 bits per heavy atom. The molecule has 2 rings (SSSR count). The van der Waals surface area contributed by atoms with Crippen molar-refractivity contribution in [1.82, 2.24) is 4.90 Å². The van der Waals surface area contributed by atoms with Gasteiger partial charge in [-0.05, 0) is 6.07 Å². The zero-order valence-electron chi connectivity index (χ0n) is 8.84. The van der Waals surface area contributed by atoms with Crippen molar-refractivity contribution in [3.63, 3.8) is 0 Å². The number of fused-ring (bicyclic) bond motifs is 1. The third kappa shape index (κ3) is 2.48. The average Bonchev–Trinajstić information content (AvgIpc) is 2.47. The van der Waals surface area contributed by atoms with Gasteiger partial charge in [-0.1, -0.05) is 18.2 Å². The largest absolute Gasteiger partial charge is 0.370 e. The third-order valence-corrected chi connectivity index (χ3v) is 2.33. The Morgan fingerprint density at radius 3 is 3.00 bits per heavy atom. The highest BCUT2D eigenvalue weighted by Crippen LogP contribution is 1.95. The number of benzene rings is 1. The van der Waals surface area contributed by atoms with Crippen molar-refractivity contribution in [2.24, 2.45) is 10.7 Å². The highest BCUT2D eigenvalue weighted by molar-refractivity contribution is 5.74. The summed E-state index contributed by atoms with van der Waals surface area (Å²) in [4.78, 5) is 16.9. The maximum absolute atomic E-state index is 10.7. The predicted octanol–water partition coefficient (Wildman–Crippen LogP) is -0.294. The number of para-hydroxylation sites is 1. The molecule has 0 bridgehead atoms. The normalized spacial score (nSPS) is 13.4. The van der Waals surface area contributed by atoms with Gasteiger partial charge < -0.3 is 10.6 Å². The van der Waals surface area contributed by atoms with Crippen LogP contribution in [-0.4, -0.2) is 17.4 Å². The summed E-state index contributed by atoms with van der Waals surface area (Å²) in [6.45, 7) is 0.579. The molecule has 1 aromatic rings. The van der Waals surface area contributed by atoms with Crippen LogP contribution in [0, 0.1) is 0 Å². The summed E-state index contributed by atoms with van der Waals surface area (Å²) in [5.74, 6) is -0.295. The second-order valence-electron chi connectivity index (χ2n) is 3.57. The number of carbonyl (C=O) groups excluding carboxylic acids is 1. The van der Waals surface area contributed by atoms with Crippen molar-refractivity contribution < 1.29 is 4.79 Å². The van der Waals surface area contributed by atoms with Crippen LogP contribution in [-0.2, 0) is 4.79 Å². The number of carbonyl (C=O) groups is 1. The molecule has 0 atom stereocenters. The summed E-state index contributed by atoms with van der Waals surface area (Å²) in [5, 5.41) is 1.97. The third-order valence-electron chi connectivity index (χ3n) is 2.33. The van der Waals surface area contributed by atoms with Gasteiger partial charge in [0.05, 0.1) is 5.36 Å². The average molecular weight is 215 g/mol. The fraction of sp³-hybridized carbons (Fsp3) is 0.167. The van der Waals surface area contributed by atoms with Crippen LogP contribution in [0.25, 0.3) is 6.20 Å². The van der Waals surface area contributed by atoms with Crippen LogP contribution in [0.2, 0.25) is 0 Å². The molecule has 1 amide bonds. The number of nitrogens with two attached hydrogens (primary N) is 1. The molecule has 0 aliphatic carbocycles. The van der Waals surface area contributed by atoms with Crippen molar-refractivity contribution >= 4 is 12.1 Å². The second-order valence-corrected chi connectivity index (χ2v) is 3.57. The van der Waals surface area contributed by atoms with Crippen molar-refractivity contribution in [3.05, 3.63) is 47.2 Å². The Hall–Kier alpha value is -2.10. The summed E-state index contributed by atoms with van der Waals surface area (Å²) < 4.78 is 0. The van der Waals surface area contributed by atoms with Crippen molar-refractivity contribution in [2.75, 3.05) is 6.54 Å². The van der Waals surface area contributed by atoms with E-state index in [-0.39, 0.29) is 5.91 Å². The van der Waals surface area contributed by atoms with Gasteiger partial charge in [0.1, 0.15) is 0 Å². The lowest BCUT2D eigenvalue weighted by atomic mass is 10.3. The molecule has 1 heterocycles. The van der Waals surface area contributed by atoms with Gasteiger partial charge in [0.15, 0.2) is 0 Å². The Kier molecular flexibility index (Phi) is 3.00. The van der Waals surface area contributed by atoms with Crippen LogP contribution in [0.4, 0.5) is 0 Å². The van der Waals surface area contributed by atoms with Crippen molar-refractivity contribution in [2.45, 2.75) is 6.42 Å². The minimum absolute atomic E-state index is 0.295. The standard InChI is InChI=1S/C12H13N3O/c13-12(16)5-7-15-8-6-14-11-4-2-1-3-10(11)9-15/h1-4,6,8-9H,5,7H2,(H2,13,16). The Labute approximate surface area is 93.4 Å². The molecule has 0 spiro atoms. The van der Waals surface area contributed by atoms with Crippen LogP contribution < -0.4 is 16.3 Å². The van der Waals surface area contributed by atoms with Gasteiger partial charge in [-0.2, -0.15) is 0 Å². The van der Waals surface area contributed by atoms with Gasteiger partial charge in [0, 0.05) is 36.8 Å². The van der Waals surface area contributed by atoms with E-state index >= 15 is 0 Å². The summed E-state index contributed by atoms with van der Waals surface area (Å²) in [5.41, 5.74) is 5.12. The minimum atomic E-state index is -0.295. The number of hydrogen-bond acceptors (Lipinski definition) is 3. The van der Waals surface area contributed by atoms with Crippen LogP contribution in [0.5, 0.6) is 0 Å². The van der Waals surface area contributed by atoms with Gasteiger partial charge in [-0.3, -0.25) is 9.79 Å². The molecule has 16 heavy (non-hydrogen) atoms. The minimum Gasteiger partial charge on any atom is -0.370 e. The Bertz CT molecular complexity index is 533. The van der Waals surface area contributed by atoms with Gasteiger partial charge >= 0.3 is 0 Å². The second kappa shape index (κ2) is 4.61. The van der Waals surface area contributed by atoms with E-state index in [1.807, 2.05) is 41.6 Å². The van der Waals surface area contributed by atoms with Crippen LogP contribution in [0.1, 0.15) is 6.42 Å². The Balaban J connectivity index is 2.26. The van der Waals surface area contributed by atoms with Crippen LogP contribution in [0.3, 0.4) is 0 Å². The smallest absolute Gasteiger partial charge is 0.219 e. The number of primary amides is 1. The molecule has 0 saturated heterocycles. The molecule has 1 aliphatic heterocycles. The molecule has 0 fully saturated rings. The molecule has 4 nitrogen and oxygen atoms in total. The van der Waals surface area contributed by atoms with Crippen LogP contribution in [0.15, 0.2) is 41.7 Å². The first-order chi connectivity index (χ1) is 7.75. The fourth-order valence-electron chi connectivity index (χ4n) is 1.51. The lowest BCUT2D eigenvalue weighted by molar-refractivity contribution is -0.118. The maximum atomic E-state index is 10.7. The molecule has 1 aliphatic rings. The number of hydrogen-bond donors (Lipinski definition) is 1. The van der Waals surface area contributed by atoms with E-state index in [9.17, 15) is 4.79 Å². The van der Waals surface area contributed by atoms with Gasteiger partial charge in [0.25, 0.3) is 0 Å². The summed E-state index contributed by atoms with van der Waals surface area (Å²) >= 11 is 0. The van der Waals surface area contributed by atoms with E-state index in [4.69, 9.17) is 5.73 Å². The van der Waals surface area contributed by atoms with Gasteiger partial charge in [-0.25, -0.2) is 0 Å². The highest BCUT2D eigenvalue weighted by atomic mass is 16.1. The molecule has 82 valence electrons. The fourth-order valence-corrected chi connectivity index (χ4v) is 1.51. The molecular formula is C12H13N3O. The molecule has 0 saturated carbocycles. The molecule has 0 radical (unpaired) electrons. The molecule has 4 heteroatoms. The lowest BCUT2D eigenvalue weighted by Crippen LogP contribution is -2.27. The summed E-state index contributed by atoms with van der Waals surface area (Å²) in [6.07, 6.45) is 5.86. The molecular weight excluding hydrogens is 202 g/mol. The first-order valence-corrected chi connectivity index (χ1v) is 5.11. The monoisotopic (exact) mass is 215 g/mol. The topological polar surface area (TPSA) is 58.7 Å². The van der Waals surface area contributed by atoms with Crippen molar-refractivity contribution in [3.8, 4) is 0 Å². The predicted molar refractivity (Wildman–Crippen MR) is 61.3 cm³/mol. The number of rotatable bonds is 3. The Morgan fingerprint density at radius 1 is 1.38 bits per heavy atom. The van der Waals surface area contributed by atoms with E-state index in [1.54, 1.807) is 6.20 Å². The summed E-state index contributed by atoms with van der Waals surface area (Å²) in [7, 11) is 0. The molecule has 0 unspecified atom stereocenters. The van der Waals surface area contributed by atoms with Gasteiger partial charge in [-0.15, -0.1) is 0 Å². The number of nitrogens with zero attached hydrogens (tertiary/aromatic N) is 2. The van der Waals surface area contributed by atoms with E-state index in [1.165, 1.54) is 0 Å². The zero-order valence-corrected chi connectivity index (χ0v) is 8.84. The quantitative estimate of drug-likeness (QED) is 0.753. The highest BCUT2D eigenvalue weighted by Gasteiger charge is 2.00. The first kappa shape index (κ1) is 10.4. The van der Waals surface area contributed by atoms with E-state index < -0.39 is 0 Å². The van der Waals surface area contributed by atoms with Crippen LogP contribution >= 0.6 is 0 Å². The maximum Gasteiger partial charge on any atom is 0.219 e. The SMILES string of the molecule is NC(=O)CCN1C=CN=c2ccccc2=C1. The molecule has 1 aromatic carbocycles. The molecule has 2 N–H and O–H groups in total. The van der Waals surface area contributed by atoms with E-state index in [0.717, 1.165) is 10.6 Å². The first-order valence-electron chi connectivity index (χ1n) is 5.11.